The van der Waals surface area contributed by atoms with Crippen LogP contribution >= 0.6 is 0 Å². The fraction of sp³-hybridized carbons (Fsp3) is 0.667. The summed E-state index contributed by atoms with van der Waals surface area (Å²) in [5.41, 5.74) is 2.90. The van der Waals surface area contributed by atoms with Crippen molar-refractivity contribution < 1.29 is 9.47 Å². The van der Waals surface area contributed by atoms with Gasteiger partial charge in [0.25, 0.3) is 0 Å². The fourth-order valence-electron chi connectivity index (χ4n) is 2.95. The maximum absolute atomic E-state index is 5.57. The van der Waals surface area contributed by atoms with Gasteiger partial charge in [0, 0.05) is 12.6 Å². The second kappa shape index (κ2) is 8.40. The Morgan fingerprint density at radius 1 is 1.29 bits per heavy atom. The van der Waals surface area contributed by atoms with Gasteiger partial charge in [-0.15, -0.1) is 0 Å². The maximum Gasteiger partial charge on any atom is 0.119 e. The number of nitrogens with one attached hydrogen (secondary N) is 1. The van der Waals surface area contributed by atoms with Gasteiger partial charge in [-0.25, -0.2) is 0 Å². The molecule has 3 heteroatoms. The average Bonchev–Trinajstić information content (AvgIpc) is 2.49. The lowest BCUT2D eigenvalue weighted by atomic mass is 9.87. The van der Waals surface area contributed by atoms with Gasteiger partial charge in [-0.3, -0.25) is 0 Å². The van der Waals surface area contributed by atoms with Crippen LogP contribution in [0.2, 0.25) is 0 Å². The summed E-state index contributed by atoms with van der Waals surface area (Å²) in [4.78, 5) is 0. The van der Waals surface area contributed by atoms with Gasteiger partial charge in [0.2, 0.25) is 0 Å². The van der Waals surface area contributed by atoms with Gasteiger partial charge >= 0.3 is 0 Å². The molecule has 3 nitrogen and oxygen atoms in total. The topological polar surface area (TPSA) is 30.5 Å². The molecule has 0 spiro atoms. The van der Waals surface area contributed by atoms with Gasteiger partial charge < -0.3 is 14.8 Å². The molecule has 1 aromatic carbocycles. The van der Waals surface area contributed by atoms with Gasteiger partial charge in [-0.2, -0.15) is 0 Å². The first-order valence-electron chi connectivity index (χ1n) is 8.22. The van der Waals surface area contributed by atoms with Crippen molar-refractivity contribution in [1.82, 2.24) is 5.32 Å². The third kappa shape index (κ3) is 5.01. The molecule has 0 heterocycles. The van der Waals surface area contributed by atoms with E-state index < -0.39 is 0 Å². The van der Waals surface area contributed by atoms with Crippen LogP contribution in [0.25, 0.3) is 0 Å². The van der Waals surface area contributed by atoms with E-state index in [-0.39, 0.29) is 0 Å². The second-order valence-electron chi connectivity index (χ2n) is 6.09. The Morgan fingerprint density at radius 3 is 2.90 bits per heavy atom. The SMILES string of the molecule is COc1ccc2c(c1)CCCC2NCCCCOC(C)C. The van der Waals surface area contributed by atoms with Crippen molar-refractivity contribution >= 4 is 0 Å². The van der Waals surface area contributed by atoms with E-state index in [2.05, 4.69) is 37.4 Å². The highest BCUT2D eigenvalue weighted by molar-refractivity contribution is 5.39. The monoisotopic (exact) mass is 291 g/mol. The molecule has 1 unspecified atom stereocenters. The number of benzene rings is 1. The smallest absolute Gasteiger partial charge is 0.119 e. The molecule has 118 valence electrons. The van der Waals surface area contributed by atoms with Crippen molar-refractivity contribution in [3.63, 3.8) is 0 Å². The van der Waals surface area contributed by atoms with Crippen LogP contribution in [-0.2, 0) is 11.2 Å². The highest BCUT2D eigenvalue weighted by atomic mass is 16.5. The van der Waals surface area contributed by atoms with E-state index in [1.54, 1.807) is 7.11 Å². The summed E-state index contributed by atoms with van der Waals surface area (Å²) in [7, 11) is 1.74. The summed E-state index contributed by atoms with van der Waals surface area (Å²) in [6.07, 6.45) is 6.32. The average molecular weight is 291 g/mol. The van der Waals surface area contributed by atoms with Crippen molar-refractivity contribution in [2.75, 3.05) is 20.3 Å². The van der Waals surface area contributed by atoms with E-state index in [0.717, 1.165) is 25.3 Å². The van der Waals surface area contributed by atoms with E-state index in [1.807, 2.05) is 0 Å². The first kappa shape index (κ1) is 16.3. The summed E-state index contributed by atoms with van der Waals surface area (Å²) in [5.74, 6) is 0.972. The summed E-state index contributed by atoms with van der Waals surface area (Å²) in [6.45, 7) is 6.12. The van der Waals surface area contributed by atoms with Crippen molar-refractivity contribution in [3.8, 4) is 5.75 Å². The van der Waals surface area contributed by atoms with Crippen molar-refractivity contribution in [3.05, 3.63) is 29.3 Å². The normalized spacial score (nSPS) is 17.8. The van der Waals surface area contributed by atoms with E-state index in [4.69, 9.17) is 9.47 Å². The number of methoxy groups -OCH3 is 1. The largest absolute Gasteiger partial charge is 0.497 e. The van der Waals surface area contributed by atoms with E-state index in [1.165, 1.54) is 36.8 Å². The molecule has 0 saturated carbocycles. The number of hydrogen-bond acceptors (Lipinski definition) is 3. The molecular weight excluding hydrogens is 262 g/mol. The van der Waals surface area contributed by atoms with E-state index in [0.29, 0.717) is 12.1 Å². The van der Waals surface area contributed by atoms with Crippen LogP contribution < -0.4 is 10.1 Å². The van der Waals surface area contributed by atoms with Gasteiger partial charge in [-0.1, -0.05) is 6.07 Å². The Morgan fingerprint density at radius 2 is 2.14 bits per heavy atom. The van der Waals surface area contributed by atoms with Gasteiger partial charge in [-0.05, 0) is 75.8 Å². The molecular formula is C18H29NO2. The lowest BCUT2D eigenvalue weighted by Gasteiger charge is -2.27. The molecule has 1 aromatic rings. The predicted octanol–water partition coefficient (Wildman–Crippen LogP) is 3.87. The second-order valence-corrected chi connectivity index (χ2v) is 6.09. The first-order valence-corrected chi connectivity index (χ1v) is 8.22. The number of ether oxygens (including phenoxy) is 2. The molecule has 0 radical (unpaired) electrons. The number of hydrogen-bond donors (Lipinski definition) is 1. The molecule has 0 saturated heterocycles. The third-order valence-corrected chi connectivity index (χ3v) is 4.08. The van der Waals surface area contributed by atoms with Crippen molar-refractivity contribution in [2.45, 2.75) is 58.1 Å². The summed E-state index contributed by atoms with van der Waals surface area (Å²) < 4.78 is 10.9. The molecule has 0 bridgehead atoms. The van der Waals surface area contributed by atoms with Crippen LogP contribution in [0.5, 0.6) is 5.75 Å². The van der Waals surface area contributed by atoms with Crippen LogP contribution in [0.1, 0.15) is 56.7 Å². The lowest BCUT2D eigenvalue weighted by Crippen LogP contribution is -2.26. The predicted molar refractivity (Wildman–Crippen MR) is 87.0 cm³/mol. The Kier molecular flexibility index (Phi) is 6.52. The van der Waals surface area contributed by atoms with Crippen LogP contribution in [0.3, 0.4) is 0 Å². The molecule has 0 amide bonds. The zero-order valence-electron chi connectivity index (χ0n) is 13.7. The lowest BCUT2D eigenvalue weighted by molar-refractivity contribution is 0.0759. The summed E-state index contributed by atoms with van der Waals surface area (Å²) in [5, 5.41) is 3.71. The molecule has 2 rings (SSSR count). The third-order valence-electron chi connectivity index (χ3n) is 4.08. The first-order chi connectivity index (χ1) is 10.2. The van der Waals surface area contributed by atoms with E-state index >= 15 is 0 Å². The molecule has 1 N–H and O–H groups in total. The maximum atomic E-state index is 5.57. The Balaban J connectivity index is 1.78. The number of fused-ring (bicyclic) bond motifs is 1. The Labute approximate surface area is 129 Å². The van der Waals surface area contributed by atoms with E-state index in [9.17, 15) is 0 Å². The van der Waals surface area contributed by atoms with Crippen molar-refractivity contribution in [2.24, 2.45) is 0 Å². The highest BCUT2D eigenvalue weighted by Crippen LogP contribution is 2.32. The minimum atomic E-state index is 0.346. The highest BCUT2D eigenvalue weighted by Gasteiger charge is 2.19. The van der Waals surface area contributed by atoms with Gasteiger partial charge in [0.15, 0.2) is 0 Å². The minimum absolute atomic E-state index is 0.346. The zero-order valence-corrected chi connectivity index (χ0v) is 13.7. The Bertz CT molecular complexity index is 431. The van der Waals surface area contributed by atoms with Gasteiger partial charge in [0.1, 0.15) is 5.75 Å². The molecule has 21 heavy (non-hydrogen) atoms. The molecule has 1 aliphatic carbocycles. The van der Waals surface area contributed by atoms with Crippen LogP contribution in [0.15, 0.2) is 18.2 Å². The van der Waals surface area contributed by atoms with Crippen molar-refractivity contribution in [1.29, 1.82) is 0 Å². The molecule has 1 aliphatic rings. The quantitative estimate of drug-likeness (QED) is 0.738. The molecule has 0 aliphatic heterocycles. The summed E-state index contributed by atoms with van der Waals surface area (Å²) >= 11 is 0. The van der Waals surface area contributed by atoms with Crippen LogP contribution in [0.4, 0.5) is 0 Å². The van der Waals surface area contributed by atoms with Crippen LogP contribution in [0, 0.1) is 0 Å². The molecule has 1 atom stereocenters. The molecule has 0 aromatic heterocycles. The number of aryl methyl sites for hydroxylation is 1. The molecule has 0 fully saturated rings. The number of rotatable bonds is 8. The summed E-state index contributed by atoms with van der Waals surface area (Å²) in [6, 6.07) is 7.01. The van der Waals surface area contributed by atoms with Crippen LogP contribution in [-0.4, -0.2) is 26.4 Å². The minimum Gasteiger partial charge on any atom is -0.497 e. The fourth-order valence-corrected chi connectivity index (χ4v) is 2.95. The zero-order chi connectivity index (χ0) is 15.1. The number of unbranched alkanes of at least 4 members (excludes halogenated alkanes) is 1. The van der Waals surface area contributed by atoms with Gasteiger partial charge in [0.05, 0.1) is 13.2 Å². The Hall–Kier alpha value is -1.06. The standard InChI is InChI=1S/C18H29NO2/c1-14(2)21-12-5-4-11-19-18-8-6-7-15-13-16(20-3)9-10-17(15)18/h9-10,13-14,18-19H,4-8,11-12H2,1-3H3.